The van der Waals surface area contributed by atoms with Crippen molar-refractivity contribution in [2.45, 2.75) is 105 Å². The molecule has 0 radical (unpaired) electrons. The maximum absolute atomic E-state index is 8.83. The molecule has 0 saturated carbocycles. The molecule has 0 amide bonds. The molecule has 0 aliphatic carbocycles. The predicted molar refractivity (Wildman–Crippen MR) is 87.9 cm³/mol. The van der Waals surface area contributed by atoms with Gasteiger partial charge in [-0.05, 0) is 68.2 Å². The molecule has 0 aliphatic heterocycles. The topological polar surface area (TPSA) is 80.9 Å². The van der Waals surface area contributed by atoms with Crippen molar-refractivity contribution < 1.29 is 42.1 Å². The van der Waals surface area contributed by atoms with E-state index < -0.39 is 11.2 Å². The summed E-state index contributed by atoms with van der Waals surface area (Å²) in [5.41, 5.74) is -0.917. The molecular weight excluding hydrogens is 304 g/mol. The van der Waals surface area contributed by atoms with Crippen molar-refractivity contribution in [1.82, 2.24) is 0 Å². The van der Waals surface area contributed by atoms with E-state index in [0.29, 0.717) is 0 Å². The Kier molecular flexibility index (Phi) is 29.4. The summed E-state index contributed by atoms with van der Waals surface area (Å²) in [7, 11) is 0. The fourth-order valence-electron chi connectivity index (χ4n) is 0. The third-order valence-corrected chi connectivity index (χ3v) is 1.73. The second kappa shape index (κ2) is 18.6. The van der Waals surface area contributed by atoms with Crippen molar-refractivity contribution >= 4 is 0 Å². The van der Waals surface area contributed by atoms with Crippen molar-refractivity contribution in [2.75, 3.05) is 0 Å². The van der Waals surface area contributed by atoms with Gasteiger partial charge in [-0.3, -0.25) is 0 Å². The molecule has 0 aliphatic rings. The fraction of sp³-hybridized carbons (Fsp3) is 1.00. The minimum Gasteiger partial charge on any atom is -0.394 e. The second-order valence-corrected chi connectivity index (χ2v) is 6.52. The summed E-state index contributed by atoms with van der Waals surface area (Å²) < 4.78 is 0. The molecule has 0 saturated heterocycles. The van der Waals surface area contributed by atoms with Crippen LogP contribution in [-0.4, -0.2) is 43.8 Å². The number of hydrogen-bond acceptors (Lipinski definition) is 4. The van der Waals surface area contributed by atoms with Crippen LogP contribution in [0.25, 0.3) is 0 Å². The van der Waals surface area contributed by atoms with Gasteiger partial charge in [0, 0.05) is 33.9 Å². The van der Waals surface area contributed by atoms with E-state index in [4.69, 9.17) is 20.4 Å². The number of rotatable bonds is 2. The van der Waals surface area contributed by atoms with Gasteiger partial charge >= 0.3 is 0 Å². The molecule has 0 bridgehead atoms. The van der Waals surface area contributed by atoms with E-state index in [-0.39, 0.29) is 33.9 Å². The average Bonchev–Trinajstić information content (AvgIpc) is 2.14. The second-order valence-electron chi connectivity index (χ2n) is 6.52. The number of hydrogen-bond donors (Lipinski definition) is 4. The SMILES string of the molecule is CC(C)O.CC(C)O.CCC(C)(C)O.CCC(C)(C)O.[Ti]. The van der Waals surface area contributed by atoms with Crippen LogP contribution >= 0.6 is 0 Å². The van der Waals surface area contributed by atoms with Crippen LogP contribution in [0, 0.1) is 0 Å². The first-order valence-corrected chi connectivity index (χ1v) is 7.39. The van der Waals surface area contributed by atoms with Gasteiger partial charge < -0.3 is 20.4 Å². The molecule has 21 heavy (non-hydrogen) atoms. The molecule has 0 fully saturated rings. The standard InChI is InChI=1S/2C5H12O.2C3H8O.Ti/c2*1-4-5(2,3)6;2*1-3(2)4;/h2*6H,4H2,1-3H3;2*3-4H,1-2H3;. The molecular formula is C16H40O4Ti. The van der Waals surface area contributed by atoms with Crippen LogP contribution in [0.2, 0.25) is 0 Å². The summed E-state index contributed by atoms with van der Waals surface area (Å²) in [6.45, 7) is 18.0. The maximum Gasteiger partial charge on any atom is 0.0589 e. The summed E-state index contributed by atoms with van der Waals surface area (Å²) in [4.78, 5) is 0. The van der Waals surface area contributed by atoms with Gasteiger partial charge in [-0.15, -0.1) is 0 Å². The zero-order chi connectivity index (χ0) is 17.6. The van der Waals surface area contributed by atoms with E-state index in [1.54, 1.807) is 55.4 Å². The zero-order valence-electron chi connectivity index (χ0n) is 15.9. The van der Waals surface area contributed by atoms with Crippen LogP contribution in [0.5, 0.6) is 0 Å². The minimum absolute atomic E-state index is 0. The Hall–Kier alpha value is 0.554. The van der Waals surface area contributed by atoms with E-state index in [0.717, 1.165) is 12.8 Å². The van der Waals surface area contributed by atoms with Crippen molar-refractivity contribution in [3.8, 4) is 0 Å². The largest absolute Gasteiger partial charge is 0.394 e. The van der Waals surface area contributed by atoms with E-state index in [1.807, 2.05) is 13.8 Å². The third-order valence-electron chi connectivity index (χ3n) is 1.73. The van der Waals surface area contributed by atoms with Crippen LogP contribution in [0.4, 0.5) is 0 Å². The molecule has 132 valence electrons. The Bertz CT molecular complexity index is 145. The van der Waals surface area contributed by atoms with Crippen LogP contribution in [0.3, 0.4) is 0 Å². The molecule has 0 aromatic carbocycles. The van der Waals surface area contributed by atoms with Gasteiger partial charge in [-0.1, -0.05) is 13.8 Å². The smallest absolute Gasteiger partial charge is 0.0589 e. The molecule has 0 unspecified atom stereocenters. The normalized spacial score (nSPS) is 10.3. The Morgan fingerprint density at radius 2 is 0.714 bits per heavy atom. The monoisotopic (exact) mass is 344 g/mol. The van der Waals surface area contributed by atoms with Crippen LogP contribution in [-0.2, 0) is 21.7 Å². The van der Waals surface area contributed by atoms with Gasteiger partial charge in [-0.2, -0.15) is 0 Å². The molecule has 0 atom stereocenters. The van der Waals surface area contributed by atoms with Crippen molar-refractivity contribution in [3.05, 3.63) is 0 Å². The van der Waals surface area contributed by atoms with Gasteiger partial charge in [0.25, 0.3) is 0 Å². The molecule has 0 spiro atoms. The van der Waals surface area contributed by atoms with Crippen LogP contribution < -0.4 is 0 Å². The summed E-state index contributed by atoms with van der Waals surface area (Å²) in [6.07, 6.45) is 1.32. The number of aliphatic hydroxyl groups is 4. The van der Waals surface area contributed by atoms with Crippen LogP contribution in [0.15, 0.2) is 0 Å². The summed E-state index contributed by atoms with van der Waals surface area (Å²) >= 11 is 0. The van der Waals surface area contributed by atoms with Crippen molar-refractivity contribution in [3.63, 3.8) is 0 Å². The molecule has 5 heteroatoms. The summed E-state index contributed by atoms with van der Waals surface area (Å²) in [5.74, 6) is 0. The Morgan fingerprint density at radius 3 is 0.714 bits per heavy atom. The molecule has 0 aromatic rings. The van der Waals surface area contributed by atoms with E-state index >= 15 is 0 Å². The van der Waals surface area contributed by atoms with E-state index in [1.165, 1.54) is 0 Å². The fourth-order valence-corrected chi connectivity index (χ4v) is 0. The Morgan fingerprint density at radius 1 is 0.667 bits per heavy atom. The third kappa shape index (κ3) is 165. The quantitative estimate of drug-likeness (QED) is 0.580. The Balaban J connectivity index is -0.0000000544. The van der Waals surface area contributed by atoms with Gasteiger partial charge in [0.2, 0.25) is 0 Å². The first-order valence-electron chi connectivity index (χ1n) is 7.39. The van der Waals surface area contributed by atoms with Crippen molar-refractivity contribution in [2.24, 2.45) is 0 Å². The van der Waals surface area contributed by atoms with E-state index in [2.05, 4.69) is 0 Å². The summed E-state index contributed by atoms with van der Waals surface area (Å²) in [5, 5.41) is 33.8. The molecule has 0 aromatic heterocycles. The summed E-state index contributed by atoms with van der Waals surface area (Å²) in [6, 6.07) is 0. The van der Waals surface area contributed by atoms with Gasteiger partial charge in [0.15, 0.2) is 0 Å². The van der Waals surface area contributed by atoms with Gasteiger partial charge in [-0.25, -0.2) is 0 Å². The minimum atomic E-state index is -0.458. The average molecular weight is 344 g/mol. The predicted octanol–water partition coefficient (Wildman–Crippen LogP) is 3.11. The molecule has 4 nitrogen and oxygen atoms in total. The van der Waals surface area contributed by atoms with Gasteiger partial charge in [0.1, 0.15) is 0 Å². The number of aliphatic hydroxyl groups excluding tert-OH is 2. The first-order chi connectivity index (χ1) is 8.59. The molecule has 4 N–H and O–H groups in total. The van der Waals surface area contributed by atoms with Crippen molar-refractivity contribution in [1.29, 1.82) is 0 Å². The molecule has 0 heterocycles. The maximum atomic E-state index is 8.83. The molecule has 0 rings (SSSR count). The van der Waals surface area contributed by atoms with E-state index in [9.17, 15) is 0 Å². The Labute approximate surface area is 147 Å². The van der Waals surface area contributed by atoms with Gasteiger partial charge in [0.05, 0.1) is 11.2 Å². The first kappa shape index (κ1) is 33.2. The zero-order valence-corrected chi connectivity index (χ0v) is 17.4. The van der Waals surface area contributed by atoms with Crippen LogP contribution in [0.1, 0.15) is 82.1 Å².